The Labute approximate surface area is 105 Å². The molecule has 17 heavy (non-hydrogen) atoms. The molecule has 1 unspecified atom stereocenters. The van der Waals surface area contributed by atoms with Crippen LogP contribution in [-0.4, -0.2) is 29.6 Å². The third-order valence-corrected chi connectivity index (χ3v) is 3.71. The van der Waals surface area contributed by atoms with Crippen LogP contribution in [0.3, 0.4) is 0 Å². The van der Waals surface area contributed by atoms with Gasteiger partial charge in [0.1, 0.15) is 0 Å². The van der Waals surface area contributed by atoms with E-state index in [1.165, 1.54) is 12.0 Å². The fourth-order valence-corrected chi connectivity index (χ4v) is 2.70. The minimum Gasteiger partial charge on any atom is -0.310 e. The van der Waals surface area contributed by atoms with Gasteiger partial charge < -0.3 is 5.32 Å². The van der Waals surface area contributed by atoms with Crippen molar-refractivity contribution in [3.05, 3.63) is 35.9 Å². The average molecular weight is 232 g/mol. The molecule has 2 rings (SSSR count). The van der Waals surface area contributed by atoms with Crippen LogP contribution >= 0.6 is 0 Å². The van der Waals surface area contributed by atoms with E-state index in [0.29, 0.717) is 11.6 Å². The van der Waals surface area contributed by atoms with Gasteiger partial charge in [0.05, 0.1) is 0 Å². The molecule has 1 aromatic carbocycles. The molecule has 2 nitrogen and oxygen atoms in total. The van der Waals surface area contributed by atoms with Crippen molar-refractivity contribution in [3.63, 3.8) is 0 Å². The van der Waals surface area contributed by atoms with Crippen LogP contribution in [-0.2, 0) is 6.54 Å². The third-order valence-electron chi connectivity index (χ3n) is 3.71. The first kappa shape index (κ1) is 12.6. The second kappa shape index (κ2) is 5.19. The number of hydrogen-bond acceptors (Lipinski definition) is 2. The van der Waals surface area contributed by atoms with E-state index in [-0.39, 0.29) is 0 Å². The predicted molar refractivity (Wildman–Crippen MR) is 73.0 cm³/mol. The summed E-state index contributed by atoms with van der Waals surface area (Å²) in [5.74, 6) is 0. The van der Waals surface area contributed by atoms with Gasteiger partial charge in [-0.2, -0.15) is 0 Å². The molecule has 94 valence electrons. The van der Waals surface area contributed by atoms with Crippen molar-refractivity contribution in [1.29, 1.82) is 0 Å². The Kier molecular flexibility index (Phi) is 3.85. The summed E-state index contributed by atoms with van der Waals surface area (Å²) >= 11 is 0. The second-order valence-electron chi connectivity index (χ2n) is 5.67. The number of benzene rings is 1. The summed E-state index contributed by atoms with van der Waals surface area (Å²) < 4.78 is 0. The highest BCUT2D eigenvalue weighted by Gasteiger charge is 2.33. The Morgan fingerprint density at radius 2 is 2.00 bits per heavy atom. The third kappa shape index (κ3) is 3.30. The number of likely N-dealkylation sites (N-methyl/N-ethyl adjacent to an activating group) is 1. The molecule has 1 aliphatic heterocycles. The summed E-state index contributed by atoms with van der Waals surface area (Å²) in [6, 6.07) is 11.4. The largest absolute Gasteiger partial charge is 0.310 e. The van der Waals surface area contributed by atoms with Gasteiger partial charge in [-0.15, -0.1) is 0 Å². The predicted octanol–water partition coefficient (Wildman–Crippen LogP) is 2.65. The molecule has 1 aromatic rings. The topological polar surface area (TPSA) is 15.3 Å². The lowest BCUT2D eigenvalue weighted by Gasteiger charge is -2.28. The van der Waals surface area contributed by atoms with E-state index >= 15 is 0 Å². The molecule has 2 heteroatoms. The lowest BCUT2D eigenvalue weighted by Crippen LogP contribution is -2.36. The average Bonchev–Trinajstić information content (AvgIpc) is 2.68. The van der Waals surface area contributed by atoms with Crippen LogP contribution in [0.1, 0.15) is 32.8 Å². The van der Waals surface area contributed by atoms with E-state index in [1.807, 2.05) is 0 Å². The van der Waals surface area contributed by atoms with Gasteiger partial charge in [-0.1, -0.05) is 37.3 Å². The summed E-state index contributed by atoms with van der Waals surface area (Å²) in [6.07, 6.45) is 1.24. The van der Waals surface area contributed by atoms with Crippen molar-refractivity contribution in [2.75, 3.05) is 13.1 Å². The fourth-order valence-electron chi connectivity index (χ4n) is 2.70. The lowest BCUT2D eigenvalue weighted by molar-refractivity contribution is 0.204. The highest BCUT2D eigenvalue weighted by atomic mass is 15.2. The summed E-state index contributed by atoms with van der Waals surface area (Å²) in [6.45, 7) is 10.2. The first-order valence-corrected chi connectivity index (χ1v) is 6.64. The summed E-state index contributed by atoms with van der Waals surface area (Å²) in [4.78, 5) is 2.58. The van der Waals surface area contributed by atoms with E-state index in [4.69, 9.17) is 0 Å². The molecular weight excluding hydrogens is 208 g/mol. The minimum atomic E-state index is 0.300. The van der Waals surface area contributed by atoms with Gasteiger partial charge in [0.15, 0.2) is 0 Å². The van der Waals surface area contributed by atoms with Gasteiger partial charge in [-0.25, -0.2) is 0 Å². The van der Waals surface area contributed by atoms with Gasteiger partial charge in [-0.05, 0) is 32.4 Å². The van der Waals surface area contributed by atoms with Gasteiger partial charge in [0, 0.05) is 24.7 Å². The zero-order chi connectivity index (χ0) is 12.3. The Morgan fingerprint density at radius 3 is 2.53 bits per heavy atom. The highest BCUT2D eigenvalue weighted by Crippen LogP contribution is 2.23. The molecule has 1 saturated heterocycles. The van der Waals surface area contributed by atoms with Crippen LogP contribution in [0.25, 0.3) is 0 Å². The molecule has 1 N–H and O–H groups in total. The number of rotatable bonds is 4. The Hall–Kier alpha value is -0.860. The molecule has 0 spiro atoms. The van der Waals surface area contributed by atoms with Crippen LogP contribution in [0.15, 0.2) is 30.3 Å². The Morgan fingerprint density at radius 1 is 1.29 bits per heavy atom. The summed E-state index contributed by atoms with van der Waals surface area (Å²) in [7, 11) is 0. The number of hydrogen-bond donors (Lipinski definition) is 1. The molecule has 0 aromatic heterocycles. The van der Waals surface area contributed by atoms with Crippen molar-refractivity contribution in [1.82, 2.24) is 10.2 Å². The number of nitrogens with zero attached hydrogens (tertiary/aromatic N) is 1. The van der Waals surface area contributed by atoms with Crippen LogP contribution in [0.2, 0.25) is 0 Å². The minimum absolute atomic E-state index is 0.300. The SMILES string of the molecule is CCN(Cc1ccccc1)C1CNC(C)(C)C1. The molecule has 0 saturated carbocycles. The molecule has 1 heterocycles. The van der Waals surface area contributed by atoms with Crippen molar-refractivity contribution in [2.24, 2.45) is 0 Å². The van der Waals surface area contributed by atoms with Crippen molar-refractivity contribution in [2.45, 2.75) is 45.3 Å². The van der Waals surface area contributed by atoms with Gasteiger partial charge >= 0.3 is 0 Å². The summed E-state index contributed by atoms with van der Waals surface area (Å²) in [5.41, 5.74) is 1.72. The lowest BCUT2D eigenvalue weighted by atomic mass is 10.0. The van der Waals surface area contributed by atoms with Crippen LogP contribution in [0.4, 0.5) is 0 Å². The maximum absolute atomic E-state index is 3.60. The first-order chi connectivity index (χ1) is 8.11. The zero-order valence-corrected chi connectivity index (χ0v) is 11.2. The maximum atomic E-state index is 3.60. The van der Waals surface area contributed by atoms with Crippen molar-refractivity contribution >= 4 is 0 Å². The zero-order valence-electron chi connectivity index (χ0n) is 11.2. The summed E-state index contributed by atoms with van der Waals surface area (Å²) in [5, 5.41) is 3.60. The normalized spacial score (nSPS) is 23.2. The van der Waals surface area contributed by atoms with E-state index in [2.05, 4.69) is 61.3 Å². The molecule has 1 atom stereocenters. The molecule has 0 bridgehead atoms. The first-order valence-electron chi connectivity index (χ1n) is 6.64. The van der Waals surface area contributed by atoms with Crippen molar-refractivity contribution < 1.29 is 0 Å². The van der Waals surface area contributed by atoms with E-state index < -0.39 is 0 Å². The Balaban J connectivity index is 1.98. The van der Waals surface area contributed by atoms with E-state index in [1.54, 1.807) is 0 Å². The van der Waals surface area contributed by atoms with E-state index in [0.717, 1.165) is 19.6 Å². The smallest absolute Gasteiger partial charge is 0.0241 e. The standard InChI is InChI=1S/C15H24N2/c1-4-17(12-13-8-6-5-7-9-13)14-10-15(2,3)16-11-14/h5-9,14,16H,4,10-12H2,1-3H3. The van der Waals surface area contributed by atoms with Crippen LogP contribution in [0, 0.1) is 0 Å². The quantitative estimate of drug-likeness (QED) is 0.858. The molecule has 1 aliphatic rings. The van der Waals surface area contributed by atoms with Crippen molar-refractivity contribution in [3.8, 4) is 0 Å². The van der Waals surface area contributed by atoms with E-state index in [9.17, 15) is 0 Å². The highest BCUT2D eigenvalue weighted by molar-refractivity contribution is 5.14. The Bertz CT molecular complexity index is 345. The molecule has 1 fully saturated rings. The van der Waals surface area contributed by atoms with Crippen LogP contribution in [0.5, 0.6) is 0 Å². The molecule has 0 radical (unpaired) electrons. The monoisotopic (exact) mass is 232 g/mol. The maximum Gasteiger partial charge on any atom is 0.0241 e. The van der Waals surface area contributed by atoms with Gasteiger partial charge in [0.2, 0.25) is 0 Å². The molecule has 0 aliphatic carbocycles. The molecular formula is C15H24N2. The second-order valence-corrected chi connectivity index (χ2v) is 5.67. The molecule has 0 amide bonds. The number of nitrogens with one attached hydrogen (secondary N) is 1. The van der Waals surface area contributed by atoms with Gasteiger partial charge in [0.25, 0.3) is 0 Å². The van der Waals surface area contributed by atoms with Crippen LogP contribution < -0.4 is 5.32 Å². The fraction of sp³-hybridized carbons (Fsp3) is 0.600. The van der Waals surface area contributed by atoms with Gasteiger partial charge in [-0.3, -0.25) is 4.90 Å².